The van der Waals surface area contributed by atoms with Crippen molar-refractivity contribution in [2.24, 2.45) is 5.84 Å². The molecule has 0 aliphatic carbocycles. The molecule has 6 N–H and O–H groups in total. The first-order valence-electron chi connectivity index (χ1n) is 8.09. The number of hydrazine groups is 1. The molecule has 0 saturated carbocycles. The van der Waals surface area contributed by atoms with Gasteiger partial charge >= 0.3 is 12.2 Å². The topological polar surface area (TPSA) is 129 Å². The van der Waals surface area contributed by atoms with E-state index in [9.17, 15) is 32.3 Å². The minimum Gasteiger partial charge on any atom is -0.368 e. The van der Waals surface area contributed by atoms with Crippen LogP contribution in [0.25, 0.3) is 10.2 Å². The lowest BCUT2D eigenvalue weighted by molar-refractivity contribution is -0.257. The second-order valence-corrected chi connectivity index (χ2v) is 7.00. The third-order valence-corrected chi connectivity index (χ3v) is 4.93. The van der Waals surface area contributed by atoms with Gasteiger partial charge in [-0.05, 0) is 36.4 Å². The van der Waals surface area contributed by atoms with E-state index in [1.165, 1.54) is 17.6 Å². The highest BCUT2D eigenvalue weighted by molar-refractivity contribution is 7.22. The molecule has 1 atom stereocenters. The number of rotatable bonds is 4. The third-order valence-electron chi connectivity index (χ3n) is 4.00. The van der Waals surface area contributed by atoms with E-state index >= 15 is 0 Å². The Morgan fingerprint density at radius 1 is 1.07 bits per heavy atom. The molecule has 3 amide bonds. The quantitative estimate of drug-likeness (QED) is 0.183. The molecule has 2 aromatic carbocycles. The predicted octanol–water partition coefficient (Wildman–Crippen LogP) is 2.82. The molecule has 1 aromatic heterocycles. The zero-order valence-corrected chi connectivity index (χ0v) is 15.6. The predicted molar refractivity (Wildman–Crippen MR) is 101 cm³/mol. The van der Waals surface area contributed by atoms with Crippen LogP contribution in [-0.4, -0.2) is 28.2 Å². The molecule has 1 heterocycles. The molecular weight excluding hydrogens is 430 g/mol. The number of nitrogens with two attached hydrogens (primary N) is 1. The van der Waals surface area contributed by atoms with Crippen molar-refractivity contribution in [2.75, 3.05) is 10.6 Å². The molecule has 0 aliphatic rings. The number of aromatic nitrogens is 1. The Bertz CT molecular complexity index is 1100. The van der Waals surface area contributed by atoms with Gasteiger partial charge in [-0.25, -0.2) is 20.0 Å². The van der Waals surface area contributed by atoms with Crippen LogP contribution >= 0.6 is 11.3 Å². The van der Waals surface area contributed by atoms with E-state index in [0.29, 0.717) is 5.69 Å². The molecule has 0 bridgehead atoms. The van der Waals surface area contributed by atoms with Crippen molar-refractivity contribution in [1.82, 2.24) is 10.4 Å². The normalized spacial score (nSPS) is 13.5. The van der Waals surface area contributed by atoms with Gasteiger partial charge in [-0.2, -0.15) is 13.2 Å². The van der Waals surface area contributed by atoms with Gasteiger partial charge in [-0.3, -0.25) is 15.5 Å². The molecule has 0 saturated heterocycles. The van der Waals surface area contributed by atoms with E-state index in [1.807, 2.05) is 0 Å². The maximum atomic E-state index is 13.4. The van der Waals surface area contributed by atoms with Gasteiger partial charge in [0.15, 0.2) is 5.13 Å². The standard InChI is InChI=1S/C17H13F4N5O3S/c18-9-2-4-10(5-3-9)23-14(28)25-15-24-11-6-1-8(7-12(11)30-15)16(29,13(27)26-22)17(19,20)21/h1-7,29H,22H2,(H,26,27)(H2,23,24,25,28)/t16-/m0/s1. The van der Waals surface area contributed by atoms with Crippen molar-refractivity contribution in [3.8, 4) is 0 Å². The second kappa shape index (κ2) is 7.85. The Hall–Kier alpha value is -3.29. The molecule has 3 rings (SSSR count). The molecule has 0 spiro atoms. The Kier molecular flexibility index (Phi) is 5.61. The summed E-state index contributed by atoms with van der Waals surface area (Å²) in [6.45, 7) is 0. The summed E-state index contributed by atoms with van der Waals surface area (Å²) < 4.78 is 53.2. The SMILES string of the molecule is NNC(=O)[C@@](O)(c1ccc2nc(NC(=O)Nc3ccc(F)cc3)sc2c1)C(F)(F)F. The van der Waals surface area contributed by atoms with Crippen LogP contribution in [0.4, 0.5) is 33.2 Å². The summed E-state index contributed by atoms with van der Waals surface area (Å²) in [6, 6.07) is 7.22. The number of nitrogens with one attached hydrogen (secondary N) is 3. The summed E-state index contributed by atoms with van der Waals surface area (Å²) in [5.41, 5.74) is -2.80. The minimum atomic E-state index is -5.34. The summed E-state index contributed by atoms with van der Waals surface area (Å²) in [5, 5.41) is 14.9. The molecule has 30 heavy (non-hydrogen) atoms. The highest BCUT2D eigenvalue weighted by Crippen LogP contribution is 2.41. The van der Waals surface area contributed by atoms with Crippen LogP contribution in [-0.2, 0) is 10.4 Å². The van der Waals surface area contributed by atoms with Gasteiger partial charge in [0.2, 0.25) is 0 Å². The number of urea groups is 1. The lowest BCUT2D eigenvalue weighted by Crippen LogP contribution is -2.56. The number of nitrogens with zero attached hydrogens (tertiary/aromatic N) is 1. The molecule has 0 fully saturated rings. The van der Waals surface area contributed by atoms with Gasteiger partial charge in [0, 0.05) is 11.3 Å². The average molecular weight is 443 g/mol. The van der Waals surface area contributed by atoms with Gasteiger partial charge < -0.3 is 10.4 Å². The average Bonchev–Trinajstić information content (AvgIpc) is 3.08. The van der Waals surface area contributed by atoms with Crippen molar-refractivity contribution in [3.63, 3.8) is 0 Å². The number of alkyl halides is 3. The summed E-state index contributed by atoms with van der Waals surface area (Å²) >= 11 is 0.814. The van der Waals surface area contributed by atoms with Gasteiger partial charge in [-0.15, -0.1) is 0 Å². The zero-order chi connectivity index (χ0) is 22.1. The number of benzene rings is 2. The molecule has 158 valence electrons. The fourth-order valence-corrected chi connectivity index (χ4v) is 3.42. The third kappa shape index (κ3) is 4.03. The lowest BCUT2D eigenvalue weighted by Gasteiger charge is -2.28. The number of carbonyl (C=O) groups excluding carboxylic acids is 2. The smallest absolute Gasteiger partial charge is 0.368 e. The molecule has 3 aromatic rings. The van der Waals surface area contributed by atoms with Crippen LogP contribution in [0, 0.1) is 5.82 Å². The van der Waals surface area contributed by atoms with Crippen LogP contribution in [0.1, 0.15) is 5.56 Å². The Balaban J connectivity index is 1.86. The second-order valence-electron chi connectivity index (χ2n) is 5.97. The number of thiazole rings is 1. The van der Waals surface area contributed by atoms with Gasteiger partial charge in [-0.1, -0.05) is 17.4 Å². The van der Waals surface area contributed by atoms with Crippen LogP contribution in [0.3, 0.4) is 0 Å². The fourth-order valence-electron chi connectivity index (χ4n) is 2.52. The summed E-state index contributed by atoms with van der Waals surface area (Å²) in [7, 11) is 0. The highest BCUT2D eigenvalue weighted by Gasteiger charge is 2.60. The van der Waals surface area contributed by atoms with Crippen molar-refractivity contribution in [1.29, 1.82) is 0 Å². The van der Waals surface area contributed by atoms with Crippen molar-refractivity contribution >= 4 is 44.3 Å². The Labute approximate surface area is 169 Å². The van der Waals surface area contributed by atoms with Crippen LogP contribution in [0.15, 0.2) is 42.5 Å². The molecule has 0 radical (unpaired) electrons. The number of amides is 3. The number of anilines is 2. The van der Waals surface area contributed by atoms with E-state index < -0.39 is 35.1 Å². The van der Waals surface area contributed by atoms with Gasteiger partial charge in [0.25, 0.3) is 11.5 Å². The van der Waals surface area contributed by atoms with E-state index in [1.54, 1.807) is 0 Å². The largest absolute Gasteiger partial charge is 0.430 e. The fraction of sp³-hybridized carbons (Fsp3) is 0.118. The molecule has 0 unspecified atom stereocenters. The first kappa shape index (κ1) is 21.4. The van der Waals surface area contributed by atoms with Gasteiger partial charge in [0.05, 0.1) is 10.2 Å². The van der Waals surface area contributed by atoms with Gasteiger partial charge in [0.1, 0.15) is 5.82 Å². The maximum Gasteiger partial charge on any atom is 0.430 e. The molecule has 0 aliphatic heterocycles. The Morgan fingerprint density at radius 3 is 2.33 bits per heavy atom. The number of hydrogen-bond donors (Lipinski definition) is 5. The number of halogens is 4. The number of carbonyl (C=O) groups is 2. The van der Waals surface area contributed by atoms with Crippen molar-refractivity contribution < 1.29 is 32.3 Å². The van der Waals surface area contributed by atoms with E-state index in [0.717, 1.165) is 41.7 Å². The maximum absolute atomic E-state index is 13.4. The van der Waals surface area contributed by atoms with Crippen molar-refractivity contribution in [3.05, 3.63) is 53.8 Å². The lowest BCUT2D eigenvalue weighted by atomic mass is 9.92. The number of hydrogen-bond acceptors (Lipinski definition) is 6. The van der Waals surface area contributed by atoms with Crippen LogP contribution < -0.4 is 21.9 Å². The molecular formula is C17H13F4N5O3S. The summed E-state index contributed by atoms with van der Waals surface area (Å²) in [4.78, 5) is 27.7. The number of fused-ring (bicyclic) bond motifs is 1. The molecule has 13 heteroatoms. The molecule has 8 nitrogen and oxygen atoms in total. The zero-order valence-electron chi connectivity index (χ0n) is 14.7. The van der Waals surface area contributed by atoms with E-state index in [4.69, 9.17) is 5.84 Å². The monoisotopic (exact) mass is 443 g/mol. The van der Waals surface area contributed by atoms with Crippen LogP contribution in [0.5, 0.6) is 0 Å². The van der Waals surface area contributed by atoms with E-state index in [2.05, 4.69) is 15.6 Å². The first-order chi connectivity index (χ1) is 14.0. The first-order valence-corrected chi connectivity index (χ1v) is 8.91. The summed E-state index contributed by atoms with van der Waals surface area (Å²) in [6.07, 6.45) is -5.34. The van der Waals surface area contributed by atoms with E-state index in [-0.39, 0.29) is 15.3 Å². The number of aliphatic hydroxyl groups is 1. The Morgan fingerprint density at radius 2 is 1.73 bits per heavy atom. The minimum absolute atomic E-state index is 0.0422. The van der Waals surface area contributed by atoms with Crippen LogP contribution in [0.2, 0.25) is 0 Å². The summed E-state index contributed by atoms with van der Waals surface area (Å²) in [5.74, 6) is 2.46. The van der Waals surface area contributed by atoms with Crippen molar-refractivity contribution in [2.45, 2.75) is 11.8 Å². The highest BCUT2D eigenvalue weighted by atomic mass is 32.1.